The number of hydrogen-bond acceptors (Lipinski definition) is 8. The van der Waals surface area contributed by atoms with Crippen molar-refractivity contribution in [1.29, 1.82) is 0 Å². The fraction of sp³-hybridized carbons (Fsp3) is 0.316. The van der Waals surface area contributed by atoms with Crippen LogP contribution in [0.5, 0.6) is 5.75 Å². The lowest BCUT2D eigenvalue weighted by Gasteiger charge is -2.11. The van der Waals surface area contributed by atoms with Crippen molar-refractivity contribution in [3.05, 3.63) is 53.3 Å². The van der Waals surface area contributed by atoms with Crippen LogP contribution in [0.25, 0.3) is 11.4 Å². The van der Waals surface area contributed by atoms with Gasteiger partial charge >= 0.3 is 5.97 Å². The zero-order chi connectivity index (χ0) is 19.4. The average molecular weight is 371 g/mol. The summed E-state index contributed by atoms with van der Waals surface area (Å²) in [5.41, 5.74) is 1.25. The summed E-state index contributed by atoms with van der Waals surface area (Å²) in [6.07, 6.45) is 0. The molecule has 3 rings (SSSR count). The minimum Gasteiger partial charge on any atom is -0.497 e. The highest BCUT2D eigenvalue weighted by Gasteiger charge is 2.17. The highest BCUT2D eigenvalue weighted by atomic mass is 16.5. The molecule has 0 saturated carbocycles. The molecule has 142 valence electrons. The number of ether oxygens (including phenoxy) is 2. The van der Waals surface area contributed by atoms with Gasteiger partial charge in [0.15, 0.2) is 0 Å². The molecule has 0 aliphatic carbocycles. The van der Waals surface area contributed by atoms with E-state index in [1.54, 1.807) is 20.1 Å². The van der Waals surface area contributed by atoms with Gasteiger partial charge in [-0.3, -0.25) is 4.90 Å². The summed E-state index contributed by atoms with van der Waals surface area (Å²) in [4.78, 5) is 18.0. The SMILES string of the molecule is COC(=O)c1cc(CN(C)Cc2nc(-c3cccc(OC)c3)no2)oc1C. The van der Waals surface area contributed by atoms with Gasteiger partial charge in [0.2, 0.25) is 11.7 Å². The van der Waals surface area contributed by atoms with Crippen LogP contribution in [-0.4, -0.2) is 42.3 Å². The van der Waals surface area contributed by atoms with E-state index in [0.29, 0.717) is 41.9 Å². The smallest absolute Gasteiger partial charge is 0.341 e. The number of nitrogens with zero attached hydrogens (tertiary/aromatic N) is 3. The lowest BCUT2D eigenvalue weighted by Crippen LogP contribution is -2.17. The molecule has 27 heavy (non-hydrogen) atoms. The number of aromatic nitrogens is 2. The molecule has 1 aromatic carbocycles. The molecule has 2 heterocycles. The molecule has 0 aliphatic heterocycles. The Hall–Kier alpha value is -3.13. The molecule has 0 bridgehead atoms. The van der Waals surface area contributed by atoms with E-state index in [1.807, 2.05) is 36.2 Å². The molecular weight excluding hydrogens is 350 g/mol. The zero-order valence-electron chi connectivity index (χ0n) is 15.7. The lowest BCUT2D eigenvalue weighted by molar-refractivity contribution is 0.0599. The van der Waals surface area contributed by atoms with Gasteiger partial charge in [-0.15, -0.1) is 0 Å². The van der Waals surface area contributed by atoms with Crippen LogP contribution >= 0.6 is 0 Å². The molecule has 0 aliphatic rings. The predicted octanol–water partition coefficient (Wildman–Crippen LogP) is 3.07. The fourth-order valence-corrected chi connectivity index (χ4v) is 2.69. The largest absolute Gasteiger partial charge is 0.497 e. The molecular formula is C19H21N3O5. The van der Waals surface area contributed by atoms with E-state index in [-0.39, 0.29) is 0 Å². The Balaban J connectivity index is 1.66. The van der Waals surface area contributed by atoms with Gasteiger partial charge in [-0.2, -0.15) is 4.98 Å². The highest BCUT2D eigenvalue weighted by Crippen LogP contribution is 2.22. The number of esters is 1. The number of carbonyl (C=O) groups excluding carboxylic acids is 1. The van der Waals surface area contributed by atoms with Gasteiger partial charge in [0, 0.05) is 5.56 Å². The van der Waals surface area contributed by atoms with Gasteiger partial charge in [-0.05, 0) is 32.2 Å². The number of rotatable bonds is 7. The molecule has 0 fully saturated rings. The van der Waals surface area contributed by atoms with Crippen LogP contribution in [-0.2, 0) is 17.8 Å². The summed E-state index contributed by atoms with van der Waals surface area (Å²) in [7, 11) is 4.85. The molecule has 0 amide bonds. The van der Waals surface area contributed by atoms with Gasteiger partial charge in [0.1, 0.15) is 22.8 Å². The van der Waals surface area contributed by atoms with Crippen LogP contribution in [0.4, 0.5) is 0 Å². The molecule has 0 radical (unpaired) electrons. The molecule has 0 unspecified atom stereocenters. The van der Waals surface area contributed by atoms with E-state index in [0.717, 1.165) is 11.3 Å². The summed E-state index contributed by atoms with van der Waals surface area (Å²) >= 11 is 0. The fourth-order valence-electron chi connectivity index (χ4n) is 2.69. The Morgan fingerprint density at radius 1 is 1.22 bits per heavy atom. The maximum Gasteiger partial charge on any atom is 0.341 e. The molecule has 0 spiro atoms. The summed E-state index contributed by atoms with van der Waals surface area (Å²) in [5, 5.41) is 4.02. The molecule has 3 aromatic rings. The Morgan fingerprint density at radius 3 is 2.78 bits per heavy atom. The van der Waals surface area contributed by atoms with Crippen molar-refractivity contribution in [1.82, 2.24) is 15.0 Å². The van der Waals surface area contributed by atoms with E-state index >= 15 is 0 Å². The van der Waals surface area contributed by atoms with Crippen molar-refractivity contribution in [3.63, 3.8) is 0 Å². The van der Waals surface area contributed by atoms with Crippen LogP contribution < -0.4 is 4.74 Å². The van der Waals surface area contributed by atoms with E-state index in [1.165, 1.54) is 7.11 Å². The first kappa shape index (κ1) is 18.7. The number of aryl methyl sites for hydroxylation is 1. The number of carbonyl (C=O) groups is 1. The Morgan fingerprint density at radius 2 is 2.04 bits per heavy atom. The summed E-state index contributed by atoms with van der Waals surface area (Å²) in [6, 6.07) is 9.15. The Kier molecular flexibility index (Phi) is 5.56. The minimum absolute atomic E-state index is 0.412. The third-order valence-corrected chi connectivity index (χ3v) is 4.00. The third kappa shape index (κ3) is 4.35. The number of furan rings is 1. The summed E-state index contributed by atoms with van der Waals surface area (Å²) in [5.74, 6) is 2.48. The van der Waals surface area contributed by atoms with Crippen molar-refractivity contribution < 1.29 is 23.2 Å². The minimum atomic E-state index is -0.412. The van der Waals surface area contributed by atoms with Crippen LogP contribution in [0.15, 0.2) is 39.3 Å². The van der Waals surface area contributed by atoms with E-state index < -0.39 is 5.97 Å². The van der Waals surface area contributed by atoms with E-state index in [9.17, 15) is 4.79 Å². The van der Waals surface area contributed by atoms with Gasteiger partial charge in [-0.1, -0.05) is 17.3 Å². The normalized spacial score (nSPS) is 11.0. The van der Waals surface area contributed by atoms with Gasteiger partial charge in [0.25, 0.3) is 0 Å². The maximum absolute atomic E-state index is 11.7. The van der Waals surface area contributed by atoms with Crippen LogP contribution in [0.1, 0.15) is 27.8 Å². The summed E-state index contributed by atoms with van der Waals surface area (Å²) < 4.78 is 20.9. The molecule has 2 aromatic heterocycles. The van der Waals surface area contributed by atoms with Crippen molar-refractivity contribution in [2.45, 2.75) is 20.0 Å². The second-order valence-corrected chi connectivity index (χ2v) is 6.09. The topological polar surface area (TPSA) is 90.8 Å². The first-order chi connectivity index (χ1) is 13.0. The van der Waals surface area contributed by atoms with Crippen LogP contribution in [0.3, 0.4) is 0 Å². The molecule has 8 nitrogen and oxygen atoms in total. The van der Waals surface area contributed by atoms with Crippen LogP contribution in [0.2, 0.25) is 0 Å². The number of hydrogen-bond donors (Lipinski definition) is 0. The van der Waals surface area contributed by atoms with Gasteiger partial charge < -0.3 is 18.4 Å². The van der Waals surface area contributed by atoms with Crippen molar-refractivity contribution in [2.75, 3.05) is 21.3 Å². The highest BCUT2D eigenvalue weighted by molar-refractivity contribution is 5.90. The van der Waals surface area contributed by atoms with Gasteiger partial charge in [0.05, 0.1) is 27.3 Å². The van der Waals surface area contributed by atoms with E-state index in [2.05, 4.69) is 10.1 Å². The molecule has 0 saturated heterocycles. The second-order valence-electron chi connectivity index (χ2n) is 6.09. The lowest BCUT2D eigenvalue weighted by atomic mass is 10.2. The standard InChI is InChI=1S/C19H21N3O5/c1-12-16(19(23)25-4)9-15(26-12)10-22(2)11-17-20-18(21-27-17)13-6-5-7-14(8-13)24-3/h5-9H,10-11H2,1-4H3. The van der Waals surface area contributed by atoms with E-state index in [4.69, 9.17) is 18.4 Å². The molecule has 0 atom stereocenters. The first-order valence-electron chi connectivity index (χ1n) is 8.33. The van der Waals surface area contributed by atoms with Crippen LogP contribution in [0, 0.1) is 6.92 Å². The third-order valence-electron chi connectivity index (χ3n) is 4.00. The van der Waals surface area contributed by atoms with Crippen molar-refractivity contribution >= 4 is 5.97 Å². The maximum atomic E-state index is 11.7. The molecule has 8 heteroatoms. The Bertz CT molecular complexity index is 931. The van der Waals surface area contributed by atoms with Crippen molar-refractivity contribution in [3.8, 4) is 17.1 Å². The average Bonchev–Trinajstić information content (AvgIpc) is 3.27. The predicted molar refractivity (Wildman–Crippen MR) is 96.2 cm³/mol. The Labute approximate surface area is 156 Å². The second kappa shape index (κ2) is 8.05. The number of methoxy groups -OCH3 is 2. The molecule has 0 N–H and O–H groups in total. The zero-order valence-corrected chi connectivity index (χ0v) is 15.7. The van der Waals surface area contributed by atoms with Gasteiger partial charge in [-0.25, -0.2) is 4.79 Å². The first-order valence-corrected chi connectivity index (χ1v) is 8.33. The van der Waals surface area contributed by atoms with Crippen molar-refractivity contribution in [2.24, 2.45) is 0 Å². The number of benzene rings is 1. The summed E-state index contributed by atoms with van der Waals surface area (Å²) in [6.45, 7) is 2.65. The quantitative estimate of drug-likeness (QED) is 0.585. The monoisotopic (exact) mass is 371 g/mol.